The summed E-state index contributed by atoms with van der Waals surface area (Å²) in [4.78, 5) is 12.3. The molecule has 1 nitrogen and oxygen atoms in total. The van der Waals surface area contributed by atoms with Crippen LogP contribution in [0.25, 0.3) is 0 Å². The fraction of sp³-hybridized carbons (Fsp3) is 0.900. The molecule has 12 heavy (non-hydrogen) atoms. The summed E-state index contributed by atoms with van der Waals surface area (Å²) >= 11 is 3.66. The third-order valence-corrected chi connectivity index (χ3v) is 5.55. The lowest BCUT2D eigenvalue weighted by atomic mass is 9.81. The first-order chi connectivity index (χ1) is 5.31. The van der Waals surface area contributed by atoms with Crippen molar-refractivity contribution in [1.82, 2.24) is 0 Å². The van der Waals surface area contributed by atoms with Gasteiger partial charge >= 0.3 is 0 Å². The molecule has 0 aromatic rings. The SMILES string of the molecule is CC1(C)C(=O)[C@@H]2[C@H]([C@@H]1Br)C2(C)C. The van der Waals surface area contributed by atoms with E-state index in [1.165, 1.54) is 0 Å². The van der Waals surface area contributed by atoms with Crippen LogP contribution in [0.3, 0.4) is 0 Å². The van der Waals surface area contributed by atoms with E-state index in [2.05, 4.69) is 43.6 Å². The van der Waals surface area contributed by atoms with E-state index in [0.717, 1.165) is 0 Å². The van der Waals surface area contributed by atoms with E-state index >= 15 is 0 Å². The summed E-state index contributed by atoms with van der Waals surface area (Å²) in [5.74, 6) is 1.37. The van der Waals surface area contributed by atoms with E-state index in [9.17, 15) is 4.79 Å². The number of hydrogen-bond donors (Lipinski definition) is 0. The zero-order valence-electron chi connectivity index (χ0n) is 8.02. The molecule has 0 radical (unpaired) electrons. The summed E-state index contributed by atoms with van der Waals surface area (Å²) < 4.78 is 0. The number of rotatable bonds is 0. The summed E-state index contributed by atoms with van der Waals surface area (Å²) in [5.41, 5.74) is 0.131. The molecule has 0 aliphatic heterocycles. The average Bonchev–Trinajstić information content (AvgIpc) is 2.42. The lowest BCUT2D eigenvalue weighted by molar-refractivity contribution is -0.127. The standard InChI is InChI=1S/C10H15BrO/c1-9(2)5-6(9)8(12)10(3,4)7(5)11/h5-7H,1-4H3/t5-,6+,7+/m1/s1. The first kappa shape index (κ1) is 8.74. The number of hydrogen-bond acceptors (Lipinski definition) is 1. The van der Waals surface area contributed by atoms with Gasteiger partial charge in [-0.1, -0.05) is 43.6 Å². The topological polar surface area (TPSA) is 17.1 Å². The first-order valence-corrected chi connectivity index (χ1v) is 5.41. The van der Waals surface area contributed by atoms with Crippen molar-refractivity contribution in [3.8, 4) is 0 Å². The van der Waals surface area contributed by atoms with Crippen molar-refractivity contribution < 1.29 is 4.79 Å². The van der Waals surface area contributed by atoms with Gasteiger partial charge in [-0.2, -0.15) is 0 Å². The third-order valence-electron chi connectivity index (χ3n) is 3.83. The molecule has 0 saturated heterocycles. The molecule has 0 spiro atoms. The van der Waals surface area contributed by atoms with Gasteiger partial charge in [0.2, 0.25) is 0 Å². The minimum atomic E-state index is -0.134. The number of carbonyl (C=O) groups is 1. The number of carbonyl (C=O) groups excluding carboxylic acids is 1. The highest BCUT2D eigenvalue weighted by atomic mass is 79.9. The normalized spacial score (nSPS) is 47.4. The van der Waals surface area contributed by atoms with Crippen molar-refractivity contribution in [2.45, 2.75) is 32.5 Å². The van der Waals surface area contributed by atoms with Gasteiger partial charge in [0, 0.05) is 16.2 Å². The van der Waals surface area contributed by atoms with Crippen LogP contribution < -0.4 is 0 Å². The van der Waals surface area contributed by atoms with Crippen molar-refractivity contribution in [2.75, 3.05) is 0 Å². The van der Waals surface area contributed by atoms with Gasteiger partial charge in [-0.05, 0) is 11.3 Å². The largest absolute Gasteiger partial charge is 0.299 e. The lowest BCUT2D eigenvalue weighted by Gasteiger charge is -2.27. The zero-order valence-corrected chi connectivity index (χ0v) is 9.60. The predicted octanol–water partition coefficient (Wildman–Crippen LogP) is 2.63. The van der Waals surface area contributed by atoms with Crippen LogP contribution in [0.4, 0.5) is 0 Å². The van der Waals surface area contributed by atoms with Crippen LogP contribution in [0.2, 0.25) is 0 Å². The first-order valence-electron chi connectivity index (χ1n) is 4.49. The number of Topliss-reactive ketones (excluding diaryl/α,β-unsaturated/α-hetero) is 1. The van der Waals surface area contributed by atoms with E-state index in [1.807, 2.05) is 0 Å². The molecular formula is C10H15BrO. The van der Waals surface area contributed by atoms with Crippen molar-refractivity contribution in [3.05, 3.63) is 0 Å². The Morgan fingerprint density at radius 1 is 1.25 bits per heavy atom. The molecule has 0 aromatic carbocycles. The molecule has 2 fully saturated rings. The second kappa shape index (κ2) is 1.97. The highest BCUT2D eigenvalue weighted by molar-refractivity contribution is 9.09. The summed E-state index contributed by atoms with van der Waals surface area (Å²) in [5, 5.41) is 0. The van der Waals surface area contributed by atoms with Gasteiger partial charge in [-0.15, -0.1) is 0 Å². The molecule has 0 amide bonds. The van der Waals surface area contributed by atoms with E-state index in [0.29, 0.717) is 22.4 Å². The van der Waals surface area contributed by atoms with Crippen LogP contribution in [0.15, 0.2) is 0 Å². The van der Waals surface area contributed by atoms with Gasteiger partial charge in [-0.3, -0.25) is 4.79 Å². The van der Waals surface area contributed by atoms with Gasteiger partial charge in [0.25, 0.3) is 0 Å². The molecular weight excluding hydrogens is 216 g/mol. The van der Waals surface area contributed by atoms with Gasteiger partial charge < -0.3 is 0 Å². The second-order valence-corrected chi connectivity index (χ2v) is 6.30. The monoisotopic (exact) mass is 230 g/mol. The Kier molecular flexibility index (Phi) is 1.43. The molecule has 2 aliphatic rings. The fourth-order valence-corrected chi connectivity index (χ4v) is 3.92. The van der Waals surface area contributed by atoms with Crippen LogP contribution in [0, 0.1) is 22.7 Å². The van der Waals surface area contributed by atoms with Crippen LogP contribution in [0.1, 0.15) is 27.7 Å². The van der Waals surface area contributed by atoms with E-state index in [-0.39, 0.29) is 10.8 Å². The molecule has 0 bridgehead atoms. The zero-order chi connectivity index (χ0) is 9.31. The summed E-state index contributed by atoms with van der Waals surface area (Å²) in [6.07, 6.45) is 0. The van der Waals surface area contributed by atoms with E-state index < -0.39 is 0 Å². The fourth-order valence-electron chi connectivity index (χ4n) is 2.71. The molecule has 2 heteroatoms. The Hall–Kier alpha value is 0.150. The van der Waals surface area contributed by atoms with Gasteiger partial charge in [0.15, 0.2) is 0 Å². The summed E-state index contributed by atoms with van der Waals surface area (Å²) in [6, 6.07) is 0. The smallest absolute Gasteiger partial charge is 0.143 e. The average molecular weight is 231 g/mol. The third kappa shape index (κ3) is 0.729. The highest BCUT2D eigenvalue weighted by Crippen LogP contribution is 2.71. The Morgan fingerprint density at radius 2 is 1.75 bits per heavy atom. The molecule has 0 aromatic heterocycles. The summed E-state index contributed by atoms with van der Waals surface area (Å²) in [7, 11) is 0. The van der Waals surface area contributed by atoms with E-state index in [1.54, 1.807) is 0 Å². The van der Waals surface area contributed by atoms with Crippen LogP contribution >= 0.6 is 15.9 Å². The van der Waals surface area contributed by atoms with Crippen LogP contribution in [0.5, 0.6) is 0 Å². The minimum Gasteiger partial charge on any atom is -0.299 e. The minimum absolute atomic E-state index is 0.134. The number of alkyl halides is 1. The maximum Gasteiger partial charge on any atom is 0.143 e. The molecule has 0 N–H and O–H groups in total. The Morgan fingerprint density at radius 3 is 2.00 bits per heavy atom. The quantitative estimate of drug-likeness (QED) is 0.586. The van der Waals surface area contributed by atoms with E-state index in [4.69, 9.17) is 0 Å². The number of fused-ring (bicyclic) bond motifs is 1. The molecule has 2 rings (SSSR count). The van der Waals surface area contributed by atoms with Crippen molar-refractivity contribution >= 4 is 21.7 Å². The molecule has 68 valence electrons. The molecule has 0 heterocycles. The van der Waals surface area contributed by atoms with Crippen LogP contribution in [-0.2, 0) is 4.79 Å². The predicted molar refractivity (Wildman–Crippen MR) is 52.3 cm³/mol. The van der Waals surface area contributed by atoms with Crippen LogP contribution in [-0.4, -0.2) is 10.6 Å². The number of halogens is 1. The molecule has 3 atom stereocenters. The Balaban J connectivity index is 2.34. The van der Waals surface area contributed by atoms with Crippen molar-refractivity contribution in [3.63, 3.8) is 0 Å². The maximum absolute atomic E-state index is 11.9. The molecule has 2 saturated carbocycles. The van der Waals surface area contributed by atoms with Gasteiger partial charge in [-0.25, -0.2) is 0 Å². The maximum atomic E-state index is 11.9. The Labute approximate surface area is 82.0 Å². The Bertz CT molecular complexity index is 255. The van der Waals surface area contributed by atoms with Crippen molar-refractivity contribution in [2.24, 2.45) is 22.7 Å². The van der Waals surface area contributed by atoms with Gasteiger partial charge in [0.1, 0.15) is 5.78 Å². The number of ketones is 1. The van der Waals surface area contributed by atoms with Crippen molar-refractivity contribution in [1.29, 1.82) is 0 Å². The highest BCUT2D eigenvalue weighted by Gasteiger charge is 2.73. The molecule has 2 aliphatic carbocycles. The van der Waals surface area contributed by atoms with Gasteiger partial charge in [0.05, 0.1) is 0 Å². The lowest BCUT2D eigenvalue weighted by Crippen LogP contribution is -2.33. The second-order valence-electron chi connectivity index (χ2n) is 5.31. The molecule has 0 unspecified atom stereocenters. The summed E-state index contributed by atoms with van der Waals surface area (Å²) in [6.45, 7) is 8.50.